The minimum absolute atomic E-state index is 0.494. The summed E-state index contributed by atoms with van der Waals surface area (Å²) in [6, 6.07) is 5.36. The van der Waals surface area contributed by atoms with Crippen LogP contribution >= 0.6 is 0 Å². The van der Waals surface area contributed by atoms with Crippen molar-refractivity contribution in [2.75, 3.05) is 0 Å². The van der Waals surface area contributed by atoms with E-state index in [4.69, 9.17) is 0 Å². The second-order valence-electron chi connectivity index (χ2n) is 4.10. The number of hydrogen-bond donors (Lipinski definition) is 2. The molecule has 0 atom stereocenters. The van der Waals surface area contributed by atoms with E-state index < -0.39 is 7.12 Å². The van der Waals surface area contributed by atoms with Gasteiger partial charge in [0.1, 0.15) is 5.52 Å². The lowest BCUT2D eigenvalue weighted by Gasteiger charge is -2.08. The molecule has 1 aliphatic carbocycles. The highest BCUT2D eigenvalue weighted by molar-refractivity contribution is 6.58. The van der Waals surface area contributed by atoms with Crippen LogP contribution in [0, 0.1) is 13.1 Å². The Morgan fingerprint density at radius 1 is 1.41 bits per heavy atom. The summed E-state index contributed by atoms with van der Waals surface area (Å²) in [6.07, 6.45) is 7.93. The fourth-order valence-electron chi connectivity index (χ4n) is 2.23. The zero-order chi connectivity index (χ0) is 12.0. The maximum atomic E-state index is 9.20. The number of rotatable bonds is 1. The highest BCUT2D eigenvalue weighted by atomic mass is 16.4. The van der Waals surface area contributed by atoms with Crippen LogP contribution in [-0.4, -0.2) is 17.2 Å². The monoisotopic (exact) mass is 224 g/mol. The molecule has 1 heterocycles. The first-order chi connectivity index (χ1) is 8.18. The third kappa shape index (κ3) is 1.42. The predicted molar refractivity (Wildman–Crippen MR) is 66.9 cm³/mol. The topological polar surface area (TPSA) is 46.4 Å². The van der Waals surface area contributed by atoms with Crippen molar-refractivity contribution in [2.45, 2.75) is 0 Å². The van der Waals surface area contributed by atoms with Gasteiger partial charge in [-0.3, -0.25) is 4.24 Å². The second kappa shape index (κ2) is 3.55. The Morgan fingerprint density at radius 2 is 2.24 bits per heavy atom. The van der Waals surface area contributed by atoms with E-state index in [-0.39, 0.29) is 0 Å². The minimum atomic E-state index is -1.44. The third-order valence-electron chi connectivity index (χ3n) is 3.09. The zero-order valence-electron chi connectivity index (χ0n) is 9.17. The smallest absolute Gasteiger partial charge is 0.424 e. The van der Waals surface area contributed by atoms with Crippen molar-refractivity contribution in [2.24, 2.45) is 0 Å². The van der Waals surface area contributed by atoms with Gasteiger partial charge in [0.05, 0.1) is 12.1 Å². The van der Waals surface area contributed by atoms with Crippen molar-refractivity contribution in [3.63, 3.8) is 0 Å². The van der Waals surface area contributed by atoms with Gasteiger partial charge >= 0.3 is 7.12 Å². The summed E-state index contributed by atoms with van der Waals surface area (Å²) in [5, 5.41) is 20.4. The molecule has 2 N–H and O–H groups in total. The quantitative estimate of drug-likeness (QED) is 0.373. The molecular weight excluding hydrogens is 213 g/mol. The summed E-state index contributed by atoms with van der Waals surface area (Å²) in [5.74, 6) is 0. The average Bonchev–Trinajstić information content (AvgIpc) is 2.64. The molecule has 0 saturated heterocycles. The van der Waals surface area contributed by atoms with Gasteiger partial charge in [0.15, 0.2) is 0 Å². The molecule has 84 valence electrons. The largest absolute Gasteiger partial charge is 0.474 e. The maximum absolute atomic E-state index is 9.20. The number of fused-ring (bicyclic) bond motifs is 3. The van der Waals surface area contributed by atoms with Crippen LogP contribution in [0.2, 0.25) is 0 Å². The minimum Gasteiger partial charge on any atom is -0.424 e. The van der Waals surface area contributed by atoms with Gasteiger partial charge < -0.3 is 10.0 Å². The van der Waals surface area contributed by atoms with E-state index >= 15 is 0 Å². The van der Waals surface area contributed by atoms with E-state index in [2.05, 4.69) is 6.72 Å². The van der Waals surface area contributed by atoms with E-state index in [9.17, 15) is 10.0 Å². The molecule has 1 aromatic heterocycles. The van der Waals surface area contributed by atoms with Gasteiger partial charge in [0.2, 0.25) is 0 Å². The zero-order valence-corrected chi connectivity index (χ0v) is 9.17. The van der Waals surface area contributed by atoms with E-state index in [1.54, 1.807) is 12.1 Å². The molecule has 3 nitrogen and oxygen atoms in total. The van der Waals surface area contributed by atoms with Gasteiger partial charge in [0, 0.05) is 0 Å². The van der Waals surface area contributed by atoms with Crippen molar-refractivity contribution in [3.05, 3.63) is 54.4 Å². The third-order valence-corrected chi connectivity index (χ3v) is 3.09. The van der Waals surface area contributed by atoms with Crippen LogP contribution in [0.4, 0.5) is 0 Å². The van der Waals surface area contributed by atoms with Crippen LogP contribution in [0.25, 0.3) is 17.0 Å². The van der Waals surface area contributed by atoms with Gasteiger partial charge in [0.25, 0.3) is 0 Å². The van der Waals surface area contributed by atoms with Crippen molar-refractivity contribution in [1.29, 1.82) is 0 Å². The summed E-state index contributed by atoms with van der Waals surface area (Å²) in [7, 11) is -1.44. The predicted octanol–water partition coefficient (Wildman–Crippen LogP) is -0.932. The van der Waals surface area contributed by atoms with E-state index in [1.165, 1.54) is 0 Å². The molecule has 17 heavy (non-hydrogen) atoms. The summed E-state index contributed by atoms with van der Waals surface area (Å²) in [6.45, 7) is 4.00. The molecule has 0 amide bonds. The normalized spacial score (nSPS) is 13.1. The Morgan fingerprint density at radius 3 is 3.00 bits per heavy atom. The molecule has 0 radical (unpaired) electrons. The molecular formula is C13H11BNO2-. The Balaban J connectivity index is 2.43. The van der Waals surface area contributed by atoms with Crippen molar-refractivity contribution in [3.8, 4) is 0 Å². The molecule has 0 aliphatic heterocycles. The van der Waals surface area contributed by atoms with E-state index in [0.717, 1.165) is 21.8 Å². The molecule has 0 unspecified atom stereocenters. The molecule has 0 bridgehead atoms. The standard InChI is InChI=1S/C13H11BNO2/c1-15-12-5-3-2-4-10(12)11-8-9(14(16)17)6-7-13(11)15/h2-8,16-17H,1H2/q-1. The first kappa shape index (κ1) is 10.3. The summed E-state index contributed by atoms with van der Waals surface area (Å²) < 4.78 is 1.86. The van der Waals surface area contributed by atoms with Gasteiger partial charge in [-0.1, -0.05) is 17.6 Å². The van der Waals surface area contributed by atoms with Crippen LogP contribution < -0.4 is 15.1 Å². The van der Waals surface area contributed by atoms with E-state index in [0.29, 0.717) is 5.46 Å². The van der Waals surface area contributed by atoms with E-state index in [1.807, 2.05) is 35.0 Å². The summed E-state index contributed by atoms with van der Waals surface area (Å²) in [5.41, 5.74) is 2.55. The lowest BCUT2D eigenvalue weighted by Crippen LogP contribution is -2.34. The molecule has 0 spiro atoms. The first-order valence-electron chi connectivity index (χ1n) is 5.38. The average molecular weight is 224 g/mol. The highest BCUT2D eigenvalue weighted by Crippen LogP contribution is 2.15. The van der Waals surface area contributed by atoms with Crippen LogP contribution in [-0.2, 0) is 0 Å². The number of benzene rings is 1. The fraction of sp³-hybridized carbons (Fsp3) is 0. The molecule has 0 fully saturated rings. The lowest BCUT2D eigenvalue weighted by atomic mass is 9.79. The number of allylic oxidation sites excluding steroid dienone is 2. The van der Waals surface area contributed by atoms with Crippen molar-refractivity contribution >= 4 is 29.6 Å². The van der Waals surface area contributed by atoms with Crippen LogP contribution in [0.3, 0.4) is 0 Å². The molecule has 3 rings (SSSR count). The number of aromatic nitrogens is 1. The molecule has 1 aliphatic rings. The summed E-state index contributed by atoms with van der Waals surface area (Å²) >= 11 is 0. The number of nitrogens with zero attached hydrogens (tertiary/aromatic N) is 1. The SMILES string of the molecule is C=[n+]1c2c(c3cc(B(O)O)cc[c-]31)[CH-]C=CC=2. The molecule has 0 saturated carbocycles. The lowest BCUT2D eigenvalue weighted by molar-refractivity contribution is -0.480. The Labute approximate surface area is 98.8 Å². The van der Waals surface area contributed by atoms with Gasteiger partial charge in [-0.05, 0) is 0 Å². The fourth-order valence-corrected chi connectivity index (χ4v) is 2.23. The maximum Gasteiger partial charge on any atom is 0.474 e. The van der Waals surface area contributed by atoms with Gasteiger partial charge in [-0.2, -0.15) is 12.5 Å². The molecule has 2 aromatic rings. The summed E-state index contributed by atoms with van der Waals surface area (Å²) in [4.78, 5) is 0. The van der Waals surface area contributed by atoms with Crippen LogP contribution in [0.1, 0.15) is 5.56 Å². The Hall–Kier alpha value is -1.91. The van der Waals surface area contributed by atoms with Crippen LogP contribution in [0.15, 0.2) is 30.4 Å². The van der Waals surface area contributed by atoms with Crippen LogP contribution in [0.5, 0.6) is 0 Å². The van der Waals surface area contributed by atoms with Crippen molar-refractivity contribution in [1.82, 2.24) is 0 Å². The Bertz CT molecular complexity index is 728. The van der Waals surface area contributed by atoms with Crippen molar-refractivity contribution < 1.29 is 14.3 Å². The van der Waals surface area contributed by atoms with Gasteiger partial charge in [-0.15, -0.1) is 29.2 Å². The molecule has 4 heteroatoms. The first-order valence-corrected chi connectivity index (χ1v) is 5.38. The highest BCUT2D eigenvalue weighted by Gasteiger charge is 2.10. The number of hydrogen-bond acceptors (Lipinski definition) is 2. The second-order valence-corrected chi connectivity index (χ2v) is 4.10. The van der Waals surface area contributed by atoms with Gasteiger partial charge in [-0.25, -0.2) is 0 Å². The molecule has 1 aromatic carbocycles. The Kier molecular flexibility index (Phi) is 2.14.